The lowest BCUT2D eigenvalue weighted by molar-refractivity contribution is -0.384. The number of H-pyrrole nitrogens is 1. The topological polar surface area (TPSA) is 154 Å². The van der Waals surface area contributed by atoms with Gasteiger partial charge in [-0.15, -0.1) is 0 Å². The summed E-state index contributed by atoms with van der Waals surface area (Å²) in [6.07, 6.45) is 2.51. The molecule has 3 rings (SSSR count). The van der Waals surface area contributed by atoms with Crippen LogP contribution in [0.4, 0.5) is 17.2 Å². The molecule has 3 aromatic rings. The van der Waals surface area contributed by atoms with Gasteiger partial charge in [-0.1, -0.05) is 48.0 Å². The molecule has 0 unspecified atom stereocenters. The van der Waals surface area contributed by atoms with Crippen molar-refractivity contribution in [2.24, 2.45) is 0 Å². The number of nitrogen functional groups attached to an aromatic ring is 1. The highest BCUT2D eigenvalue weighted by Crippen LogP contribution is 2.26. The van der Waals surface area contributed by atoms with E-state index in [0.717, 1.165) is 15.5 Å². The molecule has 0 aliphatic carbocycles. The second-order valence-corrected chi connectivity index (χ2v) is 7.76. The van der Waals surface area contributed by atoms with E-state index in [1.54, 1.807) is 30.3 Å². The van der Waals surface area contributed by atoms with Gasteiger partial charge in [0.25, 0.3) is 17.2 Å². The molecule has 35 heavy (non-hydrogen) atoms. The number of nitro groups is 1. The number of halogens is 1. The second kappa shape index (κ2) is 11.3. The number of aromatic amines is 1. The van der Waals surface area contributed by atoms with Crippen LogP contribution < -0.4 is 21.9 Å². The Bertz CT molecular complexity index is 1380. The lowest BCUT2D eigenvalue weighted by Gasteiger charge is -2.23. The Kier molecular flexibility index (Phi) is 8.18. The minimum atomic E-state index is -0.832. The summed E-state index contributed by atoms with van der Waals surface area (Å²) in [6.45, 7) is 0.181. The first-order valence-corrected chi connectivity index (χ1v) is 10.7. The van der Waals surface area contributed by atoms with E-state index >= 15 is 0 Å². The van der Waals surface area contributed by atoms with Crippen LogP contribution >= 0.6 is 11.6 Å². The molecular weight excluding hydrogens is 478 g/mol. The Morgan fingerprint density at radius 1 is 1.26 bits per heavy atom. The number of nitrogens with one attached hydrogen (secondary N) is 1. The van der Waals surface area contributed by atoms with Crippen LogP contribution in [0.15, 0.2) is 64.2 Å². The van der Waals surface area contributed by atoms with Crippen LogP contribution in [0.1, 0.15) is 11.1 Å². The highest BCUT2D eigenvalue weighted by molar-refractivity contribution is 6.32. The van der Waals surface area contributed by atoms with Crippen LogP contribution in [0.25, 0.3) is 6.08 Å². The smallest absolute Gasteiger partial charge is 0.330 e. The number of rotatable bonds is 9. The number of benzene rings is 2. The summed E-state index contributed by atoms with van der Waals surface area (Å²) in [5.41, 5.74) is 5.14. The summed E-state index contributed by atoms with van der Waals surface area (Å²) in [5, 5.41) is 11.1. The highest BCUT2D eigenvalue weighted by atomic mass is 35.5. The summed E-state index contributed by atoms with van der Waals surface area (Å²) in [7, 11) is 1.45. The van der Waals surface area contributed by atoms with Crippen molar-refractivity contribution in [2.45, 2.75) is 13.1 Å². The first-order valence-electron chi connectivity index (χ1n) is 10.3. The molecule has 182 valence electrons. The van der Waals surface area contributed by atoms with Gasteiger partial charge in [-0.2, -0.15) is 0 Å². The van der Waals surface area contributed by atoms with E-state index in [1.807, 2.05) is 0 Å². The van der Waals surface area contributed by atoms with Gasteiger partial charge in [-0.25, -0.2) is 4.79 Å². The third-order valence-electron chi connectivity index (χ3n) is 5.04. The lowest BCUT2D eigenvalue weighted by Crippen LogP contribution is -2.40. The molecule has 0 fully saturated rings. The molecule has 1 aromatic heterocycles. The minimum Gasteiger partial charge on any atom is -0.383 e. The molecule has 0 saturated carbocycles. The maximum atomic E-state index is 13.3. The standard InChI is InChI=1S/C23H22ClN5O6/c1-35-12-11-27-21(25)20(22(31)26-23(27)32)28(14-16-5-3-2-4-6-16)19(30)10-8-15-7-9-17(24)18(13-15)29(33)34/h2-10,13H,11-12,14,25H2,1H3,(H,26,31,32)/b10-8+. The van der Waals surface area contributed by atoms with E-state index in [0.29, 0.717) is 11.1 Å². The Balaban J connectivity index is 2.06. The zero-order chi connectivity index (χ0) is 25.5. The first-order chi connectivity index (χ1) is 16.7. The average molecular weight is 500 g/mol. The number of carbonyl (C=O) groups is 1. The number of hydrogen-bond donors (Lipinski definition) is 2. The summed E-state index contributed by atoms with van der Waals surface area (Å²) < 4.78 is 6.10. The molecular formula is C23H22ClN5O6. The Morgan fingerprint density at radius 2 is 1.97 bits per heavy atom. The zero-order valence-electron chi connectivity index (χ0n) is 18.6. The lowest BCUT2D eigenvalue weighted by atomic mass is 10.1. The van der Waals surface area contributed by atoms with E-state index in [2.05, 4.69) is 4.98 Å². The van der Waals surface area contributed by atoms with E-state index in [1.165, 1.54) is 31.4 Å². The molecule has 0 spiro atoms. The molecule has 1 amide bonds. The van der Waals surface area contributed by atoms with Gasteiger partial charge in [0, 0.05) is 19.3 Å². The molecule has 3 N–H and O–H groups in total. The van der Waals surface area contributed by atoms with Gasteiger partial charge in [-0.3, -0.25) is 34.2 Å². The van der Waals surface area contributed by atoms with Crippen molar-refractivity contribution < 1.29 is 14.5 Å². The van der Waals surface area contributed by atoms with Gasteiger partial charge < -0.3 is 10.5 Å². The predicted molar refractivity (Wildman–Crippen MR) is 132 cm³/mol. The summed E-state index contributed by atoms with van der Waals surface area (Å²) in [4.78, 5) is 52.2. The highest BCUT2D eigenvalue weighted by Gasteiger charge is 2.23. The van der Waals surface area contributed by atoms with E-state index in [4.69, 9.17) is 22.1 Å². The average Bonchev–Trinajstić information content (AvgIpc) is 2.83. The number of anilines is 2. The fourth-order valence-corrected chi connectivity index (χ4v) is 3.49. The van der Waals surface area contributed by atoms with Crippen molar-refractivity contribution in [3.8, 4) is 0 Å². The molecule has 2 aromatic carbocycles. The fourth-order valence-electron chi connectivity index (χ4n) is 3.31. The van der Waals surface area contributed by atoms with E-state index < -0.39 is 22.1 Å². The number of nitrogens with zero attached hydrogens (tertiary/aromatic N) is 3. The number of nitro benzene ring substituents is 1. The van der Waals surface area contributed by atoms with E-state index in [9.17, 15) is 24.5 Å². The number of nitrogens with two attached hydrogens (primary N) is 1. The van der Waals surface area contributed by atoms with Crippen molar-refractivity contribution in [2.75, 3.05) is 24.4 Å². The summed E-state index contributed by atoms with van der Waals surface area (Å²) in [5.74, 6) is -0.837. The SMILES string of the molecule is COCCn1c(N)c(N(Cc2ccccc2)C(=O)/C=C/c2ccc(Cl)c([N+](=O)[O-])c2)c(=O)[nH]c1=O. The van der Waals surface area contributed by atoms with Crippen LogP contribution in [-0.2, 0) is 22.6 Å². The van der Waals surface area contributed by atoms with Gasteiger partial charge in [-0.05, 0) is 23.3 Å². The van der Waals surface area contributed by atoms with Crippen molar-refractivity contribution >= 4 is 40.8 Å². The third kappa shape index (κ3) is 6.02. The number of amides is 1. The van der Waals surface area contributed by atoms with E-state index in [-0.39, 0.29) is 41.9 Å². The summed E-state index contributed by atoms with van der Waals surface area (Å²) >= 11 is 5.84. The predicted octanol–water partition coefficient (Wildman–Crippen LogP) is 2.57. The minimum absolute atomic E-state index is 0.0272. The Labute approximate surface area is 204 Å². The second-order valence-electron chi connectivity index (χ2n) is 7.35. The molecule has 0 atom stereocenters. The van der Waals surface area contributed by atoms with Gasteiger partial charge >= 0.3 is 5.69 Å². The molecule has 0 radical (unpaired) electrons. The number of ether oxygens (including phenoxy) is 1. The maximum absolute atomic E-state index is 13.3. The monoisotopic (exact) mass is 499 g/mol. The first kappa shape index (κ1) is 25.4. The molecule has 11 nitrogen and oxygen atoms in total. The van der Waals surface area contributed by atoms with Crippen molar-refractivity contribution in [3.63, 3.8) is 0 Å². The van der Waals surface area contributed by atoms with Crippen LogP contribution in [0.5, 0.6) is 0 Å². The van der Waals surface area contributed by atoms with Crippen LogP contribution in [0, 0.1) is 10.1 Å². The van der Waals surface area contributed by atoms with Crippen molar-refractivity contribution in [3.05, 3.63) is 102 Å². The largest absolute Gasteiger partial charge is 0.383 e. The molecule has 0 aliphatic rings. The van der Waals surface area contributed by atoms with Gasteiger partial charge in [0.05, 0.1) is 24.6 Å². The van der Waals surface area contributed by atoms with Crippen LogP contribution in [0.2, 0.25) is 5.02 Å². The number of hydrogen-bond acceptors (Lipinski definition) is 7. The number of carbonyl (C=O) groups excluding carboxylic acids is 1. The quantitative estimate of drug-likeness (QED) is 0.260. The van der Waals surface area contributed by atoms with Gasteiger partial charge in [0.2, 0.25) is 0 Å². The zero-order valence-corrected chi connectivity index (χ0v) is 19.4. The molecule has 0 saturated heterocycles. The van der Waals surface area contributed by atoms with Crippen LogP contribution in [-0.4, -0.2) is 34.1 Å². The van der Waals surface area contributed by atoms with Crippen molar-refractivity contribution in [1.82, 2.24) is 9.55 Å². The maximum Gasteiger partial charge on any atom is 0.330 e. The Hall–Kier alpha value is -4.22. The van der Waals surface area contributed by atoms with Gasteiger partial charge in [0.1, 0.15) is 10.8 Å². The number of aromatic nitrogens is 2. The van der Waals surface area contributed by atoms with Gasteiger partial charge in [0.15, 0.2) is 5.69 Å². The molecule has 12 heteroatoms. The van der Waals surface area contributed by atoms with Crippen LogP contribution in [0.3, 0.4) is 0 Å². The summed E-state index contributed by atoms with van der Waals surface area (Å²) in [6, 6.07) is 12.9. The number of methoxy groups -OCH3 is 1. The molecule has 0 bridgehead atoms. The van der Waals surface area contributed by atoms with Crippen molar-refractivity contribution in [1.29, 1.82) is 0 Å². The Morgan fingerprint density at radius 3 is 2.63 bits per heavy atom. The normalized spacial score (nSPS) is 11.0. The fraction of sp³-hybridized carbons (Fsp3) is 0.174. The molecule has 0 aliphatic heterocycles. The molecule has 1 heterocycles. The third-order valence-corrected chi connectivity index (χ3v) is 5.36.